The lowest BCUT2D eigenvalue weighted by Gasteiger charge is -2.10. The molecule has 0 N–H and O–H groups in total. The Morgan fingerprint density at radius 1 is 0.625 bits per heavy atom. The zero-order valence-electron chi connectivity index (χ0n) is 13.8. The van der Waals surface area contributed by atoms with Crippen molar-refractivity contribution in [2.75, 3.05) is 0 Å². The Hall–Kier alpha value is -3.00. The van der Waals surface area contributed by atoms with Gasteiger partial charge in [0.2, 0.25) is 0 Å². The Morgan fingerprint density at radius 2 is 1.29 bits per heavy atom. The first-order valence-corrected chi connectivity index (χ1v) is 8.11. The number of benzene rings is 3. The highest BCUT2D eigenvalue weighted by Crippen LogP contribution is 2.29. The smallest absolute Gasteiger partial charge is 0.160 e. The molecule has 4 aromatic rings. The highest BCUT2D eigenvalue weighted by atomic mass is 14.9. The van der Waals surface area contributed by atoms with Crippen molar-refractivity contribution in [2.24, 2.45) is 0 Å². The Balaban J connectivity index is 2.01. The van der Waals surface area contributed by atoms with E-state index in [-0.39, 0.29) is 0 Å². The zero-order valence-corrected chi connectivity index (χ0v) is 13.8. The molecule has 0 saturated heterocycles. The molecule has 0 aliphatic heterocycles. The van der Waals surface area contributed by atoms with Crippen molar-refractivity contribution in [3.63, 3.8) is 0 Å². The van der Waals surface area contributed by atoms with E-state index in [9.17, 15) is 0 Å². The summed E-state index contributed by atoms with van der Waals surface area (Å²) in [7, 11) is 0. The Kier molecular flexibility index (Phi) is 3.58. The van der Waals surface area contributed by atoms with Crippen LogP contribution in [0.4, 0.5) is 0 Å². The number of rotatable bonds is 2. The van der Waals surface area contributed by atoms with E-state index in [1.807, 2.05) is 30.3 Å². The SMILES string of the molecule is Cc1cc(C)cc(-c2nc(-c3ccccc3)c3ccccc3n2)c1. The number of para-hydroxylation sites is 1. The second-order valence-corrected chi connectivity index (χ2v) is 6.16. The van der Waals surface area contributed by atoms with Crippen LogP contribution < -0.4 is 0 Å². The fourth-order valence-electron chi connectivity index (χ4n) is 3.13. The standard InChI is InChI=1S/C22H18N2/c1-15-12-16(2)14-18(13-15)22-23-20-11-7-6-10-19(20)21(24-22)17-8-4-3-5-9-17/h3-14H,1-2H3. The minimum Gasteiger partial charge on any atom is -0.228 e. The van der Waals surface area contributed by atoms with Gasteiger partial charge in [-0.1, -0.05) is 65.7 Å². The highest BCUT2D eigenvalue weighted by molar-refractivity contribution is 5.93. The number of aryl methyl sites for hydroxylation is 2. The molecule has 0 fully saturated rings. The lowest BCUT2D eigenvalue weighted by molar-refractivity contribution is 1.22. The van der Waals surface area contributed by atoms with Crippen LogP contribution in [0.3, 0.4) is 0 Å². The third kappa shape index (κ3) is 2.67. The predicted octanol–water partition coefficient (Wildman–Crippen LogP) is 5.58. The summed E-state index contributed by atoms with van der Waals surface area (Å²) in [5.41, 5.74) is 6.58. The fourth-order valence-corrected chi connectivity index (χ4v) is 3.13. The van der Waals surface area contributed by atoms with E-state index >= 15 is 0 Å². The molecule has 1 aromatic heterocycles. The predicted molar refractivity (Wildman–Crippen MR) is 99.9 cm³/mol. The minimum absolute atomic E-state index is 0.777. The van der Waals surface area contributed by atoms with E-state index < -0.39 is 0 Å². The second-order valence-electron chi connectivity index (χ2n) is 6.16. The first-order valence-electron chi connectivity index (χ1n) is 8.11. The summed E-state index contributed by atoms with van der Waals surface area (Å²) in [6, 6.07) is 25.0. The van der Waals surface area contributed by atoms with Crippen LogP contribution in [0.25, 0.3) is 33.5 Å². The van der Waals surface area contributed by atoms with Crippen LogP contribution in [-0.4, -0.2) is 9.97 Å². The maximum absolute atomic E-state index is 4.91. The van der Waals surface area contributed by atoms with E-state index in [0.29, 0.717) is 0 Å². The molecule has 1 heterocycles. The molecule has 4 rings (SSSR count). The van der Waals surface area contributed by atoms with E-state index in [4.69, 9.17) is 9.97 Å². The van der Waals surface area contributed by atoms with Gasteiger partial charge in [-0.25, -0.2) is 9.97 Å². The maximum Gasteiger partial charge on any atom is 0.160 e. The topological polar surface area (TPSA) is 25.8 Å². The quantitative estimate of drug-likeness (QED) is 0.483. The third-order valence-electron chi connectivity index (χ3n) is 4.13. The van der Waals surface area contributed by atoms with E-state index in [0.717, 1.165) is 33.5 Å². The summed E-state index contributed by atoms with van der Waals surface area (Å²) in [6.07, 6.45) is 0. The van der Waals surface area contributed by atoms with E-state index in [1.165, 1.54) is 11.1 Å². The van der Waals surface area contributed by atoms with Crippen molar-refractivity contribution < 1.29 is 0 Å². The first-order chi connectivity index (χ1) is 11.7. The summed E-state index contributed by atoms with van der Waals surface area (Å²) in [4.78, 5) is 9.72. The molecule has 0 aliphatic rings. The fraction of sp³-hybridized carbons (Fsp3) is 0.0909. The molecule has 2 heteroatoms. The Labute approximate surface area is 141 Å². The van der Waals surface area contributed by atoms with Gasteiger partial charge >= 0.3 is 0 Å². The molecule has 0 radical (unpaired) electrons. The molecule has 0 amide bonds. The van der Waals surface area contributed by atoms with Crippen LogP contribution in [0, 0.1) is 13.8 Å². The van der Waals surface area contributed by atoms with Gasteiger partial charge in [-0.05, 0) is 32.0 Å². The van der Waals surface area contributed by atoms with Gasteiger partial charge in [-0.2, -0.15) is 0 Å². The van der Waals surface area contributed by atoms with Crippen molar-refractivity contribution in [1.82, 2.24) is 9.97 Å². The largest absolute Gasteiger partial charge is 0.228 e. The van der Waals surface area contributed by atoms with Crippen molar-refractivity contribution >= 4 is 10.9 Å². The Bertz CT molecular complexity index is 1000. The van der Waals surface area contributed by atoms with Gasteiger partial charge in [0.25, 0.3) is 0 Å². The van der Waals surface area contributed by atoms with Crippen LogP contribution >= 0.6 is 0 Å². The number of nitrogens with zero attached hydrogens (tertiary/aromatic N) is 2. The molecular formula is C22H18N2. The summed E-state index contributed by atoms with van der Waals surface area (Å²) in [6.45, 7) is 4.21. The summed E-state index contributed by atoms with van der Waals surface area (Å²) >= 11 is 0. The van der Waals surface area contributed by atoms with E-state index in [1.54, 1.807) is 0 Å². The average molecular weight is 310 g/mol. The Morgan fingerprint density at radius 3 is 2.04 bits per heavy atom. The molecule has 0 saturated carbocycles. The number of aromatic nitrogens is 2. The van der Waals surface area contributed by atoms with Gasteiger partial charge in [0.05, 0.1) is 11.2 Å². The third-order valence-corrected chi connectivity index (χ3v) is 4.13. The van der Waals surface area contributed by atoms with Crippen molar-refractivity contribution in [2.45, 2.75) is 13.8 Å². The molecular weight excluding hydrogens is 292 g/mol. The zero-order chi connectivity index (χ0) is 16.5. The number of hydrogen-bond donors (Lipinski definition) is 0. The van der Waals surface area contributed by atoms with Gasteiger partial charge in [0, 0.05) is 16.5 Å². The first kappa shape index (κ1) is 14.6. The number of hydrogen-bond acceptors (Lipinski definition) is 2. The molecule has 2 nitrogen and oxygen atoms in total. The summed E-state index contributed by atoms with van der Waals surface area (Å²) < 4.78 is 0. The average Bonchev–Trinajstić information content (AvgIpc) is 2.61. The van der Waals surface area contributed by atoms with Gasteiger partial charge < -0.3 is 0 Å². The lowest BCUT2D eigenvalue weighted by atomic mass is 10.0. The van der Waals surface area contributed by atoms with Crippen molar-refractivity contribution in [3.8, 4) is 22.6 Å². The van der Waals surface area contributed by atoms with Crippen LogP contribution in [0.15, 0.2) is 72.8 Å². The molecule has 24 heavy (non-hydrogen) atoms. The lowest BCUT2D eigenvalue weighted by Crippen LogP contribution is -1.95. The van der Waals surface area contributed by atoms with Crippen LogP contribution in [0.2, 0.25) is 0 Å². The van der Waals surface area contributed by atoms with Gasteiger partial charge in [-0.3, -0.25) is 0 Å². The van der Waals surface area contributed by atoms with Crippen molar-refractivity contribution in [3.05, 3.63) is 83.9 Å². The van der Waals surface area contributed by atoms with Gasteiger partial charge in [-0.15, -0.1) is 0 Å². The monoisotopic (exact) mass is 310 g/mol. The van der Waals surface area contributed by atoms with Gasteiger partial charge in [0.15, 0.2) is 5.82 Å². The molecule has 0 unspecified atom stereocenters. The molecule has 0 aliphatic carbocycles. The van der Waals surface area contributed by atoms with Crippen LogP contribution in [0.1, 0.15) is 11.1 Å². The highest BCUT2D eigenvalue weighted by Gasteiger charge is 2.11. The summed E-state index contributed by atoms with van der Waals surface area (Å²) in [5, 5.41) is 1.08. The minimum atomic E-state index is 0.777. The molecule has 0 spiro atoms. The molecule has 116 valence electrons. The summed E-state index contributed by atoms with van der Waals surface area (Å²) in [5.74, 6) is 0.777. The molecule has 0 atom stereocenters. The van der Waals surface area contributed by atoms with E-state index in [2.05, 4.69) is 56.3 Å². The normalized spacial score (nSPS) is 10.9. The van der Waals surface area contributed by atoms with Crippen LogP contribution in [0.5, 0.6) is 0 Å². The maximum atomic E-state index is 4.91. The molecule has 0 bridgehead atoms. The van der Waals surface area contributed by atoms with Gasteiger partial charge in [0.1, 0.15) is 0 Å². The van der Waals surface area contributed by atoms with Crippen LogP contribution in [-0.2, 0) is 0 Å². The molecule has 3 aromatic carbocycles. The number of fused-ring (bicyclic) bond motifs is 1. The second kappa shape index (κ2) is 5.89. The van der Waals surface area contributed by atoms with Crippen molar-refractivity contribution in [1.29, 1.82) is 0 Å².